The number of pyridine rings is 1. The lowest BCUT2D eigenvalue weighted by Gasteiger charge is -2.26. The van der Waals surface area contributed by atoms with Crippen molar-refractivity contribution in [1.82, 2.24) is 20.1 Å². The molecule has 1 aromatic carbocycles. The fourth-order valence-electron chi connectivity index (χ4n) is 3.88. The molecule has 0 spiro atoms. The van der Waals surface area contributed by atoms with Gasteiger partial charge in [-0.05, 0) is 31.0 Å². The van der Waals surface area contributed by atoms with Gasteiger partial charge in [0.25, 0.3) is 12.3 Å². The van der Waals surface area contributed by atoms with Crippen LogP contribution in [0.5, 0.6) is 0 Å². The standard InChI is InChI=1S/C22H19F2N5OS/c1-3-29-10-14(11(2)28-29)20-26-17-16-13(12-7-5-4-6-8-12)9-15(19(23)24)25-22(16)31-18(17)21(30)27-20/h4-10,19-20,26H,3H2,1-2H3,(H,27,30)/t20-/m1/s1. The number of carbonyl (C=O) groups is 1. The lowest BCUT2D eigenvalue weighted by atomic mass is 10.0. The van der Waals surface area contributed by atoms with Gasteiger partial charge in [0, 0.05) is 23.7 Å². The number of hydrogen-bond acceptors (Lipinski definition) is 5. The third-order valence-corrected chi connectivity index (χ3v) is 6.46. The predicted octanol–water partition coefficient (Wildman–Crippen LogP) is 5.28. The average molecular weight is 439 g/mol. The number of alkyl halides is 2. The van der Waals surface area contributed by atoms with Crippen molar-refractivity contribution >= 4 is 33.1 Å². The highest BCUT2D eigenvalue weighted by atomic mass is 32.1. The third-order valence-electron chi connectivity index (χ3n) is 5.38. The van der Waals surface area contributed by atoms with Crippen molar-refractivity contribution in [2.45, 2.75) is 33.0 Å². The van der Waals surface area contributed by atoms with Gasteiger partial charge in [-0.15, -0.1) is 11.3 Å². The quantitative estimate of drug-likeness (QED) is 0.454. The number of amides is 1. The van der Waals surface area contributed by atoms with E-state index < -0.39 is 12.6 Å². The molecule has 4 heterocycles. The van der Waals surface area contributed by atoms with E-state index in [1.165, 1.54) is 6.07 Å². The van der Waals surface area contributed by atoms with Crippen molar-refractivity contribution in [2.75, 3.05) is 5.32 Å². The Hall–Kier alpha value is -3.33. The van der Waals surface area contributed by atoms with Crippen molar-refractivity contribution in [3.8, 4) is 11.1 Å². The number of nitrogens with zero attached hydrogens (tertiary/aromatic N) is 3. The molecule has 1 atom stereocenters. The van der Waals surface area contributed by atoms with E-state index in [0.717, 1.165) is 28.2 Å². The van der Waals surface area contributed by atoms with Gasteiger partial charge < -0.3 is 10.6 Å². The number of thiophene rings is 1. The minimum Gasteiger partial charge on any atom is -0.360 e. The van der Waals surface area contributed by atoms with Crippen LogP contribution in [0.1, 0.15) is 46.1 Å². The number of anilines is 1. The molecule has 1 aliphatic heterocycles. The number of nitrogens with one attached hydrogen (secondary N) is 2. The van der Waals surface area contributed by atoms with Gasteiger partial charge in [-0.2, -0.15) is 5.10 Å². The minimum absolute atomic E-state index is 0.261. The van der Waals surface area contributed by atoms with E-state index in [9.17, 15) is 13.6 Å². The molecule has 5 rings (SSSR count). The third kappa shape index (κ3) is 3.25. The summed E-state index contributed by atoms with van der Waals surface area (Å²) in [6.45, 7) is 4.60. The molecule has 6 nitrogen and oxygen atoms in total. The maximum atomic E-state index is 13.6. The van der Waals surface area contributed by atoms with Crippen LogP contribution in [0.25, 0.3) is 21.3 Å². The topological polar surface area (TPSA) is 71.8 Å². The summed E-state index contributed by atoms with van der Waals surface area (Å²) in [7, 11) is 0. The summed E-state index contributed by atoms with van der Waals surface area (Å²) in [4.78, 5) is 18.0. The summed E-state index contributed by atoms with van der Waals surface area (Å²) < 4.78 is 28.9. The molecular formula is C22H19F2N5OS. The fourth-order valence-corrected chi connectivity index (χ4v) is 4.96. The van der Waals surface area contributed by atoms with Crippen LogP contribution < -0.4 is 10.6 Å². The monoisotopic (exact) mass is 439 g/mol. The Bertz CT molecular complexity index is 1300. The van der Waals surface area contributed by atoms with Gasteiger partial charge in [-0.1, -0.05) is 30.3 Å². The number of benzene rings is 1. The largest absolute Gasteiger partial charge is 0.360 e. The predicted molar refractivity (Wildman–Crippen MR) is 116 cm³/mol. The summed E-state index contributed by atoms with van der Waals surface area (Å²) in [6, 6.07) is 10.7. The maximum Gasteiger partial charge on any atom is 0.280 e. The zero-order valence-electron chi connectivity index (χ0n) is 16.8. The Balaban J connectivity index is 1.71. The summed E-state index contributed by atoms with van der Waals surface area (Å²) in [6.07, 6.45) is -1.28. The van der Waals surface area contributed by atoms with Gasteiger partial charge in [0.05, 0.1) is 11.4 Å². The van der Waals surface area contributed by atoms with Gasteiger partial charge in [-0.25, -0.2) is 13.8 Å². The summed E-state index contributed by atoms with van der Waals surface area (Å²) >= 11 is 1.12. The van der Waals surface area contributed by atoms with Crippen LogP contribution in [-0.2, 0) is 6.54 Å². The van der Waals surface area contributed by atoms with Crippen LogP contribution in [0.3, 0.4) is 0 Å². The Kier molecular flexibility index (Phi) is 4.70. The Morgan fingerprint density at radius 1 is 1.23 bits per heavy atom. The van der Waals surface area contributed by atoms with Crippen molar-refractivity contribution in [1.29, 1.82) is 0 Å². The lowest BCUT2D eigenvalue weighted by molar-refractivity contribution is 0.0940. The summed E-state index contributed by atoms with van der Waals surface area (Å²) in [5, 5.41) is 11.5. The summed E-state index contributed by atoms with van der Waals surface area (Å²) in [5.74, 6) is -0.261. The molecule has 2 N–H and O–H groups in total. The first-order chi connectivity index (χ1) is 15.0. The van der Waals surface area contributed by atoms with Crippen molar-refractivity contribution in [3.05, 3.63) is 64.4 Å². The molecule has 0 saturated heterocycles. The zero-order valence-corrected chi connectivity index (χ0v) is 17.6. The van der Waals surface area contributed by atoms with Crippen LogP contribution in [0.15, 0.2) is 42.6 Å². The second-order valence-electron chi connectivity index (χ2n) is 7.32. The highest BCUT2D eigenvalue weighted by Crippen LogP contribution is 2.45. The smallest absolute Gasteiger partial charge is 0.280 e. The molecule has 1 amide bonds. The molecule has 1 aliphatic rings. The van der Waals surface area contributed by atoms with Gasteiger partial charge in [0.15, 0.2) is 0 Å². The molecule has 0 radical (unpaired) electrons. The van der Waals surface area contributed by atoms with Crippen LogP contribution in [0, 0.1) is 6.92 Å². The molecule has 4 aromatic rings. The van der Waals surface area contributed by atoms with E-state index in [4.69, 9.17) is 0 Å². The van der Waals surface area contributed by atoms with Crippen LogP contribution in [0.2, 0.25) is 0 Å². The van der Waals surface area contributed by atoms with E-state index in [-0.39, 0.29) is 11.6 Å². The number of halogens is 2. The molecular weight excluding hydrogens is 420 g/mol. The zero-order chi connectivity index (χ0) is 21.7. The van der Waals surface area contributed by atoms with Crippen LogP contribution >= 0.6 is 11.3 Å². The lowest BCUT2D eigenvalue weighted by Crippen LogP contribution is -2.37. The highest BCUT2D eigenvalue weighted by molar-refractivity contribution is 7.21. The van der Waals surface area contributed by atoms with Gasteiger partial charge in [-0.3, -0.25) is 9.48 Å². The fraction of sp³-hybridized carbons (Fsp3) is 0.227. The second-order valence-corrected chi connectivity index (χ2v) is 8.32. The maximum absolute atomic E-state index is 13.6. The Morgan fingerprint density at radius 3 is 2.68 bits per heavy atom. The van der Waals surface area contributed by atoms with Gasteiger partial charge in [0.1, 0.15) is 21.6 Å². The van der Waals surface area contributed by atoms with E-state index in [1.54, 1.807) is 0 Å². The van der Waals surface area contributed by atoms with E-state index in [2.05, 4.69) is 20.7 Å². The van der Waals surface area contributed by atoms with Crippen molar-refractivity contribution in [3.63, 3.8) is 0 Å². The van der Waals surface area contributed by atoms with Gasteiger partial charge >= 0.3 is 0 Å². The molecule has 3 aromatic heterocycles. The van der Waals surface area contributed by atoms with Gasteiger partial charge in [0.2, 0.25) is 0 Å². The summed E-state index contributed by atoms with van der Waals surface area (Å²) in [5.41, 5.74) is 3.39. The number of aryl methyl sites for hydroxylation is 2. The van der Waals surface area contributed by atoms with Crippen molar-refractivity contribution < 1.29 is 13.6 Å². The number of carbonyl (C=O) groups excluding carboxylic acids is 1. The molecule has 0 unspecified atom stereocenters. The van der Waals surface area contributed by atoms with Crippen LogP contribution in [0.4, 0.5) is 14.5 Å². The average Bonchev–Trinajstić information content (AvgIpc) is 3.34. The Morgan fingerprint density at radius 2 is 2.00 bits per heavy atom. The molecule has 31 heavy (non-hydrogen) atoms. The minimum atomic E-state index is -2.71. The number of fused-ring (bicyclic) bond motifs is 3. The second kappa shape index (κ2) is 7.42. The first-order valence-electron chi connectivity index (χ1n) is 9.88. The number of hydrogen-bond donors (Lipinski definition) is 2. The molecule has 0 fully saturated rings. The first kappa shape index (κ1) is 19.6. The number of rotatable bonds is 4. The normalized spacial score (nSPS) is 15.8. The first-order valence-corrected chi connectivity index (χ1v) is 10.7. The van der Waals surface area contributed by atoms with E-state index in [1.807, 2.05) is 55.1 Å². The molecule has 0 aliphatic carbocycles. The van der Waals surface area contributed by atoms with Crippen molar-refractivity contribution in [2.24, 2.45) is 0 Å². The Labute approximate surface area is 180 Å². The molecule has 0 bridgehead atoms. The molecule has 9 heteroatoms. The van der Waals surface area contributed by atoms with E-state index >= 15 is 0 Å². The van der Waals surface area contributed by atoms with E-state index in [0.29, 0.717) is 32.9 Å². The number of aromatic nitrogens is 3. The molecule has 158 valence electrons. The molecule has 0 saturated carbocycles. The SMILES string of the molecule is CCn1cc([C@H]2NC(=O)c3sc4nc(C(F)F)cc(-c5ccccc5)c4c3N2)c(C)n1. The van der Waals surface area contributed by atoms with Crippen LogP contribution in [-0.4, -0.2) is 20.7 Å². The highest BCUT2D eigenvalue weighted by Gasteiger charge is 2.32.